The number of nitrogens with zero attached hydrogens (tertiary/aromatic N) is 2. The number of rotatable bonds is 18. The van der Waals surface area contributed by atoms with Gasteiger partial charge in [-0.25, -0.2) is 0 Å². The lowest BCUT2D eigenvalue weighted by molar-refractivity contribution is -0.124. The first-order valence-electron chi connectivity index (χ1n) is 16.1. The molecule has 256 valence electrons. The van der Waals surface area contributed by atoms with Crippen LogP contribution in [-0.4, -0.2) is 68.4 Å². The highest BCUT2D eigenvalue weighted by Gasteiger charge is 2.41. The molecule has 2 aliphatic heterocycles. The van der Waals surface area contributed by atoms with Crippen molar-refractivity contribution < 1.29 is 28.7 Å². The Hall–Kier alpha value is -3.46. The zero-order chi connectivity index (χ0) is 34.5. The average molecular weight is 729 g/mol. The smallest absolute Gasteiger partial charge is 0.267 e. The van der Waals surface area contributed by atoms with Gasteiger partial charge in [0.25, 0.3) is 11.8 Å². The summed E-state index contributed by atoms with van der Waals surface area (Å²) < 4.78 is 11.9. The Kier molecular flexibility index (Phi) is 14.7. The lowest BCUT2D eigenvalue weighted by atomic mass is 10.1. The number of carbonyl (C=O) groups excluding carboxylic acids is 4. The Morgan fingerprint density at radius 2 is 1.04 bits per heavy atom. The number of thiocarbonyl (C=S) groups is 2. The summed E-state index contributed by atoms with van der Waals surface area (Å²) >= 11 is 13.2. The monoisotopic (exact) mass is 728 g/mol. The minimum Gasteiger partial charge on any atom is -0.492 e. The second-order valence-corrected chi connectivity index (χ2v) is 14.2. The van der Waals surface area contributed by atoms with Crippen LogP contribution in [0.25, 0.3) is 0 Å². The lowest BCUT2D eigenvalue weighted by Crippen LogP contribution is -2.31. The molecule has 4 rings (SSSR count). The van der Waals surface area contributed by atoms with Crippen LogP contribution < -0.4 is 20.1 Å². The summed E-state index contributed by atoms with van der Waals surface area (Å²) in [6, 6.07) is 14.6. The van der Waals surface area contributed by atoms with Crippen LogP contribution in [0.2, 0.25) is 0 Å². The Balaban J connectivity index is 1.17. The molecule has 2 N–H and O–H groups in total. The Labute approximate surface area is 300 Å². The van der Waals surface area contributed by atoms with Gasteiger partial charge in [-0.05, 0) is 63.8 Å². The highest BCUT2D eigenvalue weighted by atomic mass is 32.2. The molecular formula is C34H40N4O6S4. The van der Waals surface area contributed by atoms with Crippen LogP contribution in [0.1, 0.15) is 65.2 Å². The van der Waals surface area contributed by atoms with Gasteiger partial charge in [-0.2, -0.15) is 0 Å². The fourth-order valence-electron chi connectivity index (χ4n) is 5.05. The molecule has 2 aromatic carbocycles. The maximum absolute atomic E-state index is 13.3. The molecule has 2 aliphatic rings. The molecule has 14 heteroatoms. The van der Waals surface area contributed by atoms with Crippen LogP contribution in [-0.2, 0) is 19.2 Å². The van der Waals surface area contributed by atoms with Crippen molar-refractivity contribution in [3.63, 3.8) is 0 Å². The van der Waals surface area contributed by atoms with Crippen LogP contribution in [0.3, 0.4) is 0 Å². The van der Waals surface area contributed by atoms with Gasteiger partial charge in [-0.3, -0.25) is 29.0 Å². The van der Waals surface area contributed by atoms with Crippen molar-refractivity contribution in [3.05, 3.63) is 58.3 Å². The predicted molar refractivity (Wildman–Crippen MR) is 200 cm³/mol. The minimum absolute atomic E-state index is 0.0974. The first kappa shape index (κ1) is 37.4. The number of carbonyl (C=O) groups is 4. The third-order valence-corrected chi connectivity index (χ3v) is 10.4. The van der Waals surface area contributed by atoms with Crippen LogP contribution in [0.4, 0.5) is 11.4 Å². The van der Waals surface area contributed by atoms with Gasteiger partial charge in [0.1, 0.15) is 20.1 Å². The van der Waals surface area contributed by atoms with E-state index >= 15 is 0 Å². The van der Waals surface area contributed by atoms with Crippen molar-refractivity contribution in [2.24, 2.45) is 0 Å². The summed E-state index contributed by atoms with van der Waals surface area (Å²) in [7, 11) is 0. The van der Waals surface area contributed by atoms with Gasteiger partial charge in [0, 0.05) is 25.9 Å². The molecule has 0 bridgehead atoms. The van der Waals surface area contributed by atoms with Crippen LogP contribution >= 0.6 is 48.0 Å². The topological polar surface area (TPSA) is 117 Å². The molecule has 48 heavy (non-hydrogen) atoms. The van der Waals surface area contributed by atoms with E-state index < -0.39 is 0 Å². The summed E-state index contributed by atoms with van der Waals surface area (Å²) in [5.74, 6) is 0.509. The Morgan fingerprint density at radius 3 is 1.44 bits per heavy atom. The van der Waals surface area contributed by atoms with Crippen LogP contribution in [0.5, 0.6) is 11.5 Å². The Bertz CT molecular complexity index is 1450. The van der Waals surface area contributed by atoms with Crippen molar-refractivity contribution in [1.29, 1.82) is 0 Å². The second-order valence-electron chi connectivity index (χ2n) is 10.9. The molecule has 0 aliphatic carbocycles. The summed E-state index contributed by atoms with van der Waals surface area (Å²) in [6.45, 7) is 5.62. The molecule has 0 atom stereocenters. The summed E-state index contributed by atoms with van der Waals surface area (Å²) in [4.78, 5) is 55.2. The van der Waals surface area contributed by atoms with E-state index in [1.54, 1.807) is 12.1 Å². The maximum atomic E-state index is 13.3. The molecule has 4 amide bonds. The number of anilines is 2. The SMILES string of the molecule is CCOc1ccccc1NC(=O)CCCCCN1C(=O)C(=C2SC(=S)N(CCCCCC(=O)Nc3ccccc3OCC)C2=O)SC1=S. The van der Waals surface area contributed by atoms with Crippen molar-refractivity contribution in [1.82, 2.24) is 9.80 Å². The first-order valence-corrected chi connectivity index (χ1v) is 18.5. The molecule has 2 heterocycles. The fourth-order valence-corrected chi connectivity index (χ4v) is 7.82. The minimum atomic E-state index is -0.285. The maximum Gasteiger partial charge on any atom is 0.267 e. The molecule has 2 saturated heterocycles. The standard InChI is InChI=1S/C34H40N4O6S4/c1-3-43-25-17-11-9-15-23(25)35-27(39)19-7-5-13-21-37-31(41)29(47-33(37)45)30-32(42)38(34(46)48-30)22-14-6-8-20-28(40)36-24-16-10-12-18-26(24)44-4-2/h9-12,15-18H,3-8,13-14,19-22H2,1-2H3,(H,35,39)(H,36,40). The molecule has 0 aromatic heterocycles. The second kappa shape index (κ2) is 18.9. The number of benzene rings is 2. The largest absolute Gasteiger partial charge is 0.492 e. The number of ether oxygens (including phenoxy) is 2. The molecule has 0 saturated carbocycles. The number of nitrogens with one attached hydrogen (secondary N) is 2. The molecule has 0 unspecified atom stereocenters. The van der Waals surface area contributed by atoms with Gasteiger partial charge in [-0.1, -0.05) is 85.1 Å². The van der Waals surface area contributed by atoms with E-state index in [9.17, 15) is 19.2 Å². The zero-order valence-corrected chi connectivity index (χ0v) is 30.3. The van der Waals surface area contributed by atoms with Gasteiger partial charge >= 0.3 is 0 Å². The first-order chi connectivity index (χ1) is 23.2. The van der Waals surface area contributed by atoms with E-state index in [2.05, 4.69) is 10.6 Å². The molecule has 10 nitrogen and oxygen atoms in total. The zero-order valence-electron chi connectivity index (χ0n) is 27.1. The number of hydrogen-bond acceptors (Lipinski definition) is 10. The number of unbranched alkanes of at least 4 members (excludes halogenated alkanes) is 4. The molecule has 0 radical (unpaired) electrons. The number of para-hydroxylation sites is 4. The number of amides is 4. The Morgan fingerprint density at radius 1 is 0.646 bits per heavy atom. The number of hydrogen-bond donors (Lipinski definition) is 2. The average Bonchev–Trinajstić information content (AvgIpc) is 3.51. The summed E-state index contributed by atoms with van der Waals surface area (Å²) in [5, 5.41) is 5.80. The third-order valence-electron chi connectivity index (χ3n) is 7.40. The highest BCUT2D eigenvalue weighted by molar-refractivity contribution is 8.29. The van der Waals surface area contributed by atoms with Crippen LogP contribution in [0.15, 0.2) is 58.3 Å². The lowest BCUT2D eigenvalue weighted by Gasteiger charge is -2.15. The number of thioether (sulfide) groups is 2. The van der Waals surface area contributed by atoms with E-state index in [1.807, 2.05) is 50.2 Å². The van der Waals surface area contributed by atoms with Crippen LogP contribution in [0, 0.1) is 0 Å². The van der Waals surface area contributed by atoms with Gasteiger partial charge in [0.05, 0.1) is 34.4 Å². The van der Waals surface area contributed by atoms with Crippen molar-refractivity contribution in [2.75, 3.05) is 36.9 Å². The van der Waals surface area contributed by atoms with E-state index in [0.29, 0.717) is 106 Å². The van der Waals surface area contributed by atoms with E-state index in [1.165, 1.54) is 9.80 Å². The van der Waals surface area contributed by atoms with E-state index in [4.69, 9.17) is 33.9 Å². The van der Waals surface area contributed by atoms with Gasteiger partial charge in [0.2, 0.25) is 11.8 Å². The molecule has 2 fully saturated rings. The van der Waals surface area contributed by atoms with Gasteiger partial charge < -0.3 is 20.1 Å². The fraction of sp³-hybridized carbons (Fsp3) is 0.412. The van der Waals surface area contributed by atoms with E-state index in [0.717, 1.165) is 36.4 Å². The van der Waals surface area contributed by atoms with Crippen molar-refractivity contribution >= 4 is 91.6 Å². The quantitative estimate of drug-likeness (QED) is 0.0935. The highest BCUT2D eigenvalue weighted by Crippen LogP contribution is 2.42. The summed E-state index contributed by atoms with van der Waals surface area (Å²) in [6.07, 6.45) is 4.80. The van der Waals surface area contributed by atoms with Gasteiger partial charge in [-0.15, -0.1) is 0 Å². The van der Waals surface area contributed by atoms with Gasteiger partial charge in [0.15, 0.2) is 0 Å². The third kappa shape index (κ3) is 10.3. The van der Waals surface area contributed by atoms with Crippen molar-refractivity contribution in [2.45, 2.75) is 65.2 Å². The normalized spacial score (nSPS) is 16.1. The van der Waals surface area contributed by atoms with Crippen molar-refractivity contribution in [3.8, 4) is 11.5 Å². The van der Waals surface area contributed by atoms with E-state index in [-0.39, 0.29) is 23.6 Å². The molecule has 0 spiro atoms. The predicted octanol–water partition coefficient (Wildman–Crippen LogP) is 7.11. The molecular weight excluding hydrogens is 689 g/mol. The summed E-state index contributed by atoms with van der Waals surface area (Å²) in [5.41, 5.74) is 1.29. The molecule has 2 aromatic rings.